The predicted molar refractivity (Wildman–Crippen MR) is 104 cm³/mol. The summed E-state index contributed by atoms with van der Waals surface area (Å²) in [6, 6.07) is 0.651. The van der Waals surface area contributed by atoms with E-state index >= 15 is 0 Å². The predicted octanol–water partition coefficient (Wildman–Crippen LogP) is 2.85. The molecule has 1 amide bonds. The van der Waals surface area contributed by atoms with Crippen molar-refractivity contribution in [1.82, 2.24) is 19.4 Å². The van der Waals surface area contributed by atoms with Gasteiger partial charge in [-0.1, -0.05) is 12.8 Å². The fourth-order valence-corrected chi connectivity index (χ4v) is 5.48. The van der Waals surface area contributed by atoms with Gasteiger partial charge in [0.15, 0.2) is 0 Å². The minimum atomic E-state index is 0.262. The molecule has 1 spiro atoms. The molecule has 2 saturated heterocycles. The first-order valence-electron chi connectivity index (χ1n) is 10.7. The lowest BCUT2D eigenvalue weighted by molar-refractivity contribution is -0.140. The molecule has 3 heterocycles. The summed E-state index contributed by atoms with van der Waals surface area (Å²) >= 11 is 0. The van der Waals surface area contributed by atoms with E-state index in [1.165, 1.54) is 44.2 Å². The molecule has 3 fully saturated rings. The summed E-state index contributed by atoms with van der Waals surface area (Å²) < 4.78 is 7.64. The Morgan fingerprint density at radius 1 is 1.22 bits per heavy atom. The van der Waals surface area contributed by atoms with E-state index in [9.17, 15) is 4.79 Å². The number of nitrogens with zero attached hydrogens (tertiary/aromatic N) is 4. The number of rotatable bonds is 6. The van der Waals surface area contributed by atoms with Crippen LogP contribution in [0.25, 0.3) is 0 Å². The Morgan fingerprint density at radius 3 is 2.89 bits per heavy atom. The smallest absolute Gasteiger partial charge is 0.222 e. The van der Waals surface area contributed by atoms with E-state index in [-0.39, 0.29) is 5.41 Å². The number of hydrogen-bond acceptors (Lipinski definition) is 4. The van der Waals surface area contributed by atoms with Gasteiger partial charge in [-0.25, -0.2) is 4.98 Å². The van der Waals surface area contributed by atoms with Crippen LogP contribution in [0.5, 0.6) is 0 Å². The second-order valence-corrected chi connectivity index (χ2v) is 8.85. The van der Waals surface area contributed by atoms with E-state index in [2.05, 4.69) is 20.6 Å². The maximum Gasteiger partial charge on any atom is 0.222 e. The van der Waals surface area contributed by atoms with Gasteiger partial charge in [0.2, 0.25) is 5.91 Å². The lowest BCUT2D eigenvalue weighted by atomic mass is 9.73. The molecule has 0 N–H and O–H groups in total. The first-order chi connectivity index (χ1) is 13.2. The van der Waals surface area contributed by atoms with E-state index in [0.717, 1.165) is 39.1 Å². The molecule has 4 rings (SSSR count). The molecule has 2 aliphatic heterocycles. The standard InChI is InChI=1S/C21H34N4O2/c1-27-12-11-24-16-21(9-7-20(24)26)8-4-10-23(15-21)14-19-13-22-17-25(19)18-5-2-3-6-18/h13,17-18H,2-12,14-16H2,1H3. The lowest BCUT2D eigenvalue weighted by Crippen LogP contribution is -2.54. The van der Waals surface area contributed by atoms with Crippen molar-refractivity contribution >= 4 is 5.91 Å². The molecule has 6 nitrogen and oxygen atoms in total. The van der Waals surface area contributed by atoms with Gasteiger partial charge in [0, 0.05) is 57.4 Å². The normalized spacial score (nSPS) is 27.7. The fraction of sp³-hybridized carbons (Fsp3) is 0.810. The van der Waals surface area contributed by atoms with Gasteiger partial charge < -0.3 is 14.2 Å². The molecule has 6 heteroatoms. The minimum absolute atomic E-state index is 0.262. The highest BCUT2D eigenvalue weighted by atomic mass is 16.5. The average Bonchev–Trinajstić information content (AvgIpc) is 3.34. The van der Waals surface area contributed by atoms with Crippen LogP contribution >= 0.6 is 0 Å². The lowest BCUT2D eigenvalue weighted by Gasteiger charge is -2.48. The highest BCUT2D eigenvalue weighted by Gasteiger charge is 2.41. The summed E-state index contributed by atoms with van der Waals surface area (Å²) in [5, 5.41) is 0. The molecular formula is C21H34N4O2. The molecule has 1 aliphatic carbocycles. The minimum Gasteiger partial charge on any atom is -0.383 e. The van der Waals surface area contributed by atoms with Crippen molar-refractivity contribution in [3.8, 4) is 0 Å². The second kappa shape index (κ2) is 8.31. The number of amides is 1. The highest BCUT2D eigenvalue weighted by molar-refractivity contribution is 5.77. The van der Waals surface area contributed by atoms with Crippen molar-refractivity contribution in [2.75, 3.05) is 39.9 Å². The third kappa shape index (κ3) is 4.21. The van der Waals surface area contributed by atoms with Crippen molar-refractivity contribution in [3.63, 3.8) is 0 Å². The van der Waals surface area contributed by atoms with Crippen molar-refractivity contribution in [2.24, 2.45) is 5.41 Å². The summed E-state index contributed by atoms with van der Waals surface area (Å²) in [7, 11) is 1.71. The van der Waals surface area contributed by atoms with Crippen LogP contribution in [0.15, 0.2) is 12.5 Å². The first kappa shape index (κ1) is 18.9. The van der Waals surface area contributed by atoms with Gasteiger partial charge in [-0.05, 0) is 38.6 Å². The number of carbonyl (C=O) groups is 1. The van der Waals surface area contributed by atoms with Gasteiger partial charge in [-0.15, -0.1) is 0 Å². The van der Waals surface area contributed by atoms with E-state index in [1.54, 1.807) is 7.11 Å². The SMILES string of the molecule is COCCN1CC2(CCCN(Cc3cncn3C3CCCC3)C2)CCC1=O. The van der Waals surface area contributed by atoms with E-state index in [1.807, 2.05) is 11.2 Å². The number of ether oxygens (including phenoxy) is 1. The van der Waals surface area contributed by atoms with E-state index < -0.39 is 0 Å². The molecule has 1 unspecified atom stereocenters. The average molecular weight is 375 g/mol. The molecule has 1 atom stereocenters. The van der Waals surface area contributed by atoms with Crippen LogP contribution in [-0.2, 0) is 16.1 Å². The van der Waals surface area contributed by atoms with Crippen LogP contribution < -0.4 is 0 Å². The van der Waals surface area contributed by atoms with Crippen LogP contribution in [0.2, 0.25) is 0 Å². The number of likely N-dealkylation sites (tertiary alicyclic amines) is 2. The summed E-state index contributed by atoms with van der Waals surface area (Å²) in [5.74, 6) is 0.300. The Balaban J connectivity index is 1.41. The molecular weight excluding hydrogens is 340 g/mol. The zero-order valence-corrected chi connectivity index (χ0v) is 16.7. The van der Waals surface area contributed by atoms with E-state index in [4.69, 9.17) is 4.74 Å². The summed E-state index contributed by atoms with van der Waals surface area (Å²) in [6.07, 6.45) is 13.6. The molecule has 0 bridgehead atoms. The van der Waals surface area contributed by atoms with Gasteiger partial charge in [0.25, 0.3) is 0 Å². The fourth-order valence-electron chi connectivity index (χ4n) is 5.48. The Kier molecular flexibility index (Phi) is 5.83. The maximum absolute atomic E-state index is 12.3. The van der Waals surface area contributed by atoms with Crippen LogP contribution in [0.4, 0.5) is 0 Å². The number of hydrogen-bond donors (Lipinski definition) is 0. The summed E-state index contributed by atoms with van der Waals surface area (Å²) in [5.41, 5.74) is 1.63. The van der Waals surface area contributed by atoms with Gasteiger partial charge >= 0.3 is 0 Å². The monoisotopic (exact) mass is 374 g/mol. The largest absolute Gasteiger partial charge is 0.383 e. The third-order valence-corrected chi connectivity index (χ3v) is 6.90. The van der Waals surface area contributed by atoms with Crippen LogP contribution in [0.3, 0.4) is 0 Å². The summed E-state index contributed by atoms with van der Waals surface area (Å²) in [6.45, 7) is 5.50. The van der Waals surface area contributed by atoms with Gasteiger partial charge in [0.05, 0.1) is 18.6 Å². The molecule has 1 aromatic heterocycles. The molecule has 0 aromatic carbocycles. The molecule has 150 valence electrons. The molecule has 3 aliphatic rings. The van der Waals surface area contributed by atoms with Gasteiger partial charge in [-0.3, -0.25) is 9.69 Å². The number of aromatic nitrogens is 2. The van der Waals surface area contributed by atoms with Crippen molar-refractivity contribution in [1.29, 1.82) is 0 Å². The molecule has 27 heavy (non-hydrogen) atoms. The maximum atomic E-state index is 12.3. The number of piperidine rings is 2. The van der Waals surface area contributed by atoms with Gasteiger partial charge in [-0.2, -0.15) is 0 Å². The van der Waals surface area contributed by atoms with Crippen LogP contribution in [0.1, 0.15) is 63.1 Å². The Hall–Kier alpha value is -1.40. The van der Waals surface area contributed by atoms with Crippen LogP contribution in [0, 0.1) is 5.41 Å². The zero-order valence-electron chi connectivity index (χ0n) is 16.7. The molecule has 1 saturated carbocycles. The molecule has 1 aromatic rings. The number of carbonyl (C=O) groups excluding carboxylic acids is 1. The Morgan fingerprint density at radius 2 is 2.07 bits per heavy atom. The molecule has 0 radical (unpaired) electrons. The quantitative estimate of drug-likeness (QED) is 0.768. The summed E-state index contributed by atoms with van der Waals surface area (Å²) in [4.78, 5) is 21.4. The first-order valence-corrected chi connectivity index (χ1v) is 10.7. The van der Waals surface area contributed by atoms with Crippen molar-refractivity contribution < 1.29 is 9.53 Å². The second-order valence-electron chi connectivity index (χ2n) is 8.85. The third-order valence-electron chi connectivity index (χ3n) is 6.90. The Bertz CT molecular complexity index is 640. The topological polar surface area (TPSA) is 50.6 Å². The van der Waals surface area contributed by atoms with Crippen LogP contribution in [-0.4, -0.2) is 65.2 Å². The zero-order chi connectivity index (χ0) is 18.7. The Labute approximate surface area is 162 Å². The number of methoxy groups -OCH3 is 1. The highest BCUT2D eigenvalue weighted by Crippen LogP contribution is 2.39. The van der Waals surface area contributed by atoms with Crippen molar-refractivity contribution in [3.05, 3.63) is 18.2 Å². The van der Waals surface area contributed by atoms with Crippen molar-refractivity contribution in [2.45, 2.75) is 64.0 Å². The van der Waals surface area contributed by atoms with Gasteiger partial charge in [0.1, 0.15) is 0 Å². The number of imidazole rings is 1. The van der Waals surface area contributed by atoms with E-state index in [0.29, 0.717) is 25.0 Å².